The lowest BCUT2D eigenvalue weighted by atomic mass is 9.73. The molecule has 0 aromatic heterocycles. The van der Waals surface area contributed by atoms with Crippen LogP contribution in [0.4, 0.5) is 0 Å². The fourth-order valence-electron chi connectivity index (χ4n) is 3.01. The lowest BCUT2D eigenvalue weighted by Crippen LogP contribution is -2.26. The Morgan fingerprint density at radius 3 is 2.65 bits per heavy atom. The van der Waals surface area contributed by atoms with Crippen LogP contribution in [0.3, 0.4) is 0 Å². The lowest BCUT2D eigenvalue weighted by Gasteiger charge is -2.32. The molecular formula is C17H21BrO2. The first-order chi connectivity index (χ1) is 9.25. The second-order valence-electron chi connectivity index (χ2n) is 5.99. The maximum absolute atomic E-state index is 11.4. The topological polar surface area (TPSA) is 26.3 Å². The number of carbonyl (C=O) groups excluding carboxylic acids is 1. The van der Waals surface area contributed by atoms with Gasteiger partial charge in [-0.15, -0.1) is 0 Å². The van der Waals surface area contributed by atoms with Crippen molar-refractivity contribution in [2.24, 2.45) is 5.92 Å². The Labute approximate surface area is 129 Å². The van der Waals surface area contributed by atoms with Crippen molar-refractivity contribution in [3.8, 4) is 5.75 Å². The number of rotatable bonds is 2. The second-order valence-corrected chi connectivity index (χ2v) is 6.84. The van der Waals surface area contributed by atoms with Crippen LogP contribution in [0, 0.1) is 12.8 Å². The molecule has 1 aromatic rings. The van der Waals surface area contributed by atoms with E-state index in [0.29, 0.717) is 11.7 Å². The monoisotopic (exact) mass is 336 g/mol. The van der Waals surface area contributed by atoms with E-state index in [1.54, 1.807) is 0 Å². The fourth-order valence-corrected chi connectivity index (χ4v) is 3.36. The van der Waals surface area contributed by atoms with Crippen molar-refractivity contribution in [2.45, 2.75) is 46.0 Å². The SMILES string of the molecule is C=C1CC[C@@](C)(c2cc(Br)c(C)cc2OC(C)=O)[C@H]1C. The van der Waals surface area contributed by atoms with Crippen molar-refractivity contribution < 1.29 is 9.53 Å². The van der Waals surface area contributed by atoms with Crippen LogP contribution in [-0.4, -0.2) is 5.97 Å². The van der Waals surface area contributed by atoms with Crippen LogP contribution in [0.2, 0.25) is 0 Å². The van der Waals surface area contributed by atoms with E-state index < -0.39 is 0 Å². The Balaban J connectivity index is 2.57. The number of hydrogen-bond donors (Lipinski definition) is 0. The van der Waals surface area contributed by atoms with Crippen LogP contribution >= 0.6 is 15.9 Å². The highest BCUT2D eigenvalue weighted by molar-refractivity contribution is 9.10. The van der Waals surface area contributed by atoms with Crippen molar-refractivity contribution >= 4 is 21.9 Å². The van der Waals surface area contributed by atoms with Crippen LogP contribution < -0.4 is 4.74 Å². The summed E-state index contributed by atoms with van der Waals surface area (Å²) in [7, 11) is 0. The first kappa shape index (κ1) is 15.3. The van der Waals surface area contributed by atoms with Crippen molar-refractivity contribution in [3.05, 3.63) is 39.9 Å². The zero-order valence-electron chi connectivity index (χ0n) is 12.5. The van der Waals surface area contributed by atoms with Crippen molar-refractivity contribution in [3.63, 3.8) is 0 Å². The van der Waals surface area contributed by atoms with Gasteiger partial charge < -0.3 is 4.74 Å². The van der Waals surface area contributed by atoms with Gasteiger partial charge in [-0.05, 0) is 43.4 Å². The van der Waals surface area contributed by atoms with Gasteiger partial charge in [-0.25, -0.2) is 0 Å². The second kappa shape index (κ2) is 5.36. The summed E-state index contributed by atoms with van der Waals surface area (Å²) < 4.78 is 6.50. The lowest BCUT2D eigenvalue weighted by molar-refractivity contribution is -0.131. The molecule has 1 aliphatic rings. The minimum absolute atomic E-state index is 0.0297. The average Bonchev–Trinajstić information content (AvgIpc) is 2.62. The zero-order valence-corrected chi connectivity index (χ0v) is 14.1. The molecule has 0 N–H and O–H groups in total. The first-order valence-corrected chi connectivity index (χ1v) is 7.71. The van der Waals surface area contributed by atoms with Gasteiger partial charge in [0.2, 0.25) is 0 Å². The predicted molar refractivity (Wildman–Crippen MR) is 85.1 cm³/mol. The molecule has 0 radical (unpaired) electrons. The van der Waals surface area contributed by atoms with Crippen molar-refractivity contribution in [1.82, 2.24) is 0 Å². The molecule has 3 heteroatoms. The predicted octanol–water partition coefficient (Wildman–Crippen LogP) is 4.93. The summed E-state index contributed by atoms with van der Waals surface area (Å²) in [6, 6.07) is 4.04. The third-order valence-corrected chi connectivity index (χ3v) is 5.52. The molecule has 0 amide bonds. The van der Waals surface area contributed by atoms with Crippen LogP contribution in [0.5, 0.6) is 5.75 Å². The largest absolute Gasteiger partial charge is 0.426 e. The van der Waals surface area contributed by atoms with E-state index >= 15 is 0 Å². The van der Waals surface area contributed by atoms with Crippen molar-refractivity contribution in [1.29, 1.82) is 0 Å². The van der Waals surface area contributed by atoms with Crippen molar-refractivity contribution in [2.75, 3.05) is 0 Å². The Hall–Kier alpha value is -1.09. The summed E-state index contributed by atoms with van der Waals surface area (Å²) >= 11 is 3.59. The molecule has 1 aromatic carbocycles. The number of benzene rings is 1. The normalized spacial score (nSPS) is 25.9. The summed E-state index contributed by atoms with van der Waals surface area (Å²) in [6.07, 6.45) is 2.07. The molecular weight excluding hydrogens is 316 g/mol. The molecule has 2 atom stereocenters. The highest BCUT2D eigenvalue weighted by Gasteiger charge is 2.41. The summed E-state index contributed by atoms with van der Waals surface area (Å²) in [5.74, 6) is 0.787. The van der Waals surface area contributed by atoms with Crippen LogP contribution in [0.15, 0.2) is 28.8 Å². The number of halogens is 1. The summed E-state index contributed by atoms with van der Waals surface area (Å²) in [4.78, 5) is 11.4. The number of aryl methyl sites for hydroxylation is 1. The molecule has 0 saturated heterocycles. The Morgan fingerprint density at radius 2 is 2.15 bits per heavy atom. The quantitative estimate of drug-likeness (QED) is 0.435. The smallest absolute Gasteiger partial charge is 0.308 e. The highest BCUT2D eigenvalue weighted by atomic mass is 79.9. The van der Waals surface area contributed by atoms with E-state index in [2.05, 4.69) is 42.4 Å². The summed E-state index contributed by atoms with van der Waals surface area (Å²) in [6.45, 7) is 12.1. The minimum atomic E-state index is -0.277. The van der Waals surface area contributed by atoms with Gasteiger partial charge in [0.1, 0.15) is 5.75 Å². The van der Waals surface area contributed by atoms with Gasteiger partial charge in [0.05, 0.1) is 0 Å². The Kier molecular flexibility index (Phi) is 4.10. The first-order valence-electron chi connectivity index (χ1n) is 6.92. The molecule has 108 valence electrons. The van der Waals surface area contributed by atoms with E-state index in [0.717, 1.165) is 28.4 Å². The van der Waals surface area contributed by atoms with Gasteiger partial charge in [-0.2, -0.15) is 0 Å². The summed E-state index contributed by atoms with van der Waals surface area (Å²) in [5, 5.41) is 0. The molecule has 0 bridgehead atoms. The molecule has 0 spiro atoms. The number of esters is 1. The standard InChI is InChI=1S/C17H21BrO2/c1-10-6-7-17(5,12(10)3)14-9-15(18)11(2)8-16(14)20-13(4)19/h8-9,12H,1,6-7H2,2-5H3/t12-,17+/m0/s1. The maximum Gasteiger partial charge on any atom is 0.308 e. The Morgan fingerprint density at radius 1 is 1.50 bits per heavy atom. The molecule has 2 rings (SSSR count). The third-order valence-electron chi connectivity index (χ3n) is 4.66. The van der Waals surface area contributed by atoms with E-state index in [-0.39, 0.29) is 11.4 Å². The van der Waals surface area contributed by atoms with E-state index in [9.17, 15) is 4.79 Å². The number of hydrogen-bond acceptors (Lipinski definition) is 2. The van der Waals surface area contributed by atoms with Gasteiger partial charge >= 0.3 is 5.97 Å². The minimum Gasteiger partial charge on any atom is -0.426 e. The average molecular weight is 337 g/mol. The molecule has 0 unspecified atom stereocenters. The van der Waals surface area contributed by atoms with E-state index in [1.807, 2.05) is 13.0 Å². The van der Waals surface area contributed by atoms with Crippen LogP contribution in [-0.2, 0) is 10.2 Å². The van der Waals surface area contributed by atoms with Gasteiger partial charge in [0.15, 0.2) is 0 Å². The molecule has 20 heavy (non-hydrogen) atoms. The van der Waals surface area contributed by atoms with Gasteiger partial charge in [-0.1, -0.05) is 41.9 Å². The molecule has 2 nitrogen and oxygen atoms in total. The molecule has 1 aliphatic carbocycles. The zero-order chi connectivity index (χ0) is 15.1. The van der Waals surface area contributed by atoms with Gasteiger partial charge in [-0.3, -0.25) is 4.79 Å². The van der Waals surface area contributed by atoms with Gasteiger partial charge in [0.25, 0.3) is 0 Å². The van der Waals surface area contributed by atoms with Gasteiger partial charge in [0, 0.05) is 22.4 Å². The molecule has 0 aliphatic heterocycles. The summed E-state index contributed by atoms with van der Waals surface area (Å²) in [5.41, 5.74) is 3.41. The van der Waals surface area contributed by atoms with Crippen LogP contribution in [0.25, 0.3) is 0 Å². The molecule has 1 saturated carbocycles. The Bertz CT molecular complexity index is 577. The molecule has 0 heterocycles. The van der Waals surface area contributed by atoms with E-state index in [1.165, 1.54) is 12.5 Å². The third kappa shape index (κ3) is 2.56. The fraction of sp³-hybridized carbons (Fsp3) is 0.471. The molecule has 1 fully saturated rings. The van der Waals surface area contributed by atoms with Crippen LogP contribution in [0.1, 0.15) is 44.7 Å². The number of carbonyl (C=O) groups is 1. The number of allylic oxidation sites excluding steroid dienone is 1. The number of ether oxygens (including phenoxy) is 1. The highest BCUT2D eigenvalue weighted by Crippen LogP contribution is 2.51. The maximum atomic E-state index is 11.4. The van der Waals surface area contributed by atoms with E-state index in [4.69, 9.17) is 4.74 Å².